The summed E-state index contributed by atoms with van der Waals surface area (Å²) < 4.78 is 26.4. The summed E-state index contributed by atoms with van der Waals surface area (Å²) in [5, 5.41) is 6.71. The van der Waals surface area contributed by atoms with Crippen LogP contribution in [0.3, 0.4) is 0 Å². The maximum Gasteiger partial charge on any atom is 0.242 e. The van der Waals surface area contributed by atoms with Gasteiger partial charge in [0.25, 0.3) is 0 Å². The minimum Gasteiger partial charge on any atom is -0.369 e. The molecule has 1 aliphatic rings. The van der Waals surface area contributed by atoms with Crippen LogP contribution in [0.5, 0.6) is 0 Å². The third-order valence-electron chi connectivity index (χ3n) is 5.05. The molecule has 1 aliphatic heterocycles. The van der Waals surface area contributed by atoms with Crippen molar-refractivity contribution in [3.8, 4) is 0 Å². The van der Waals surface area contributed by atoms with Gasteiger partial charge in [-0.25, -0.2) is 12.7 Å². The second-order valence-electron chi connectivity index (χ2n) is 7.23. The van der Waals surface area contributed by atoms with E-state index in [4.69, 9.17) is 0 Å². The number of sulfonamides is 1. The van der Waals surface area contributed by atoms with Crippen LogP contribution in [0.25, 0.3) is 0 Å². The number of benzene rings is 2. The Morgan fingerprint density at radius 3 is 2.52 bits per heavy atom. The number of guanidine groups is 1. The summed E-state index contributed by atoms with van der Waals surface area (Å²) in [6.45, 7) is 2.26. The summed E-state index contributed by atoms with van der Waals surface area (Å²) in [4.78, 5) is 6.97. The molecule has 29 heavy (non-hydrogen) atoms. The van der Waals surface area contributed by atoms with Crippen molar-refractivity contribution in [1.82, 2.24) is 14.9 Å². The van der Waals surface area contributed by atoms with Crippen LogP contribution in [-0.2, 0) is 16.6 Å². The Kier molecular flexibility index (Phi) is 6.76. The van der Waals surface area contributed by atoms with Gasteiger partial charge < -0.3 is 15.5 Å². The van der Waals surface area contributed by atoms with Gasteiger partial charge in [-0.05, 0) is 30.2 Å². The van der Waals surface area contributed by atoms with Crippen LogP contribution in [-0.4, -0.2) is 59.0 Å². The van der Waals surface area contributed by atoms with Crippen molar-refractivity contribution in [2.75, 3.05) is 39.1 Å². The van der Waals surface area contributed by atoms with Crippen molar-refractivity contribution in [3.05, 3.63) is 60.2 Å². The van der Waals surface area contributed by atoms with Gasteiger partial charge in [-0.15, -0.1) is 0 Å². The first-order chi connectivity index (χ1) is 13.9. The second-order valence-corrected chi connectivity index (χ2v) is 9.35. The molecule has 1 heterocycles. The van der Waals surface area contributed by atoms with E-state index in [1.807, 2.05) is 18.2 Å². The minimum absolute atomic E-state index is 0.280. The van der Waals surface area contributed by atoms with Crippen LogP contribution in [0.15, 0.2) is 64.5 Å². The average molecular weight is 416 g/mol. The fraction of sp³-hybridized carbons (Fsp3) is 0.381. The number of nitrogens with zero attached hydrogens (tertiary/aromatic N) is 3. The van der Waals surface area contributed by atoms with Crippen molar-refractivity contribution < 1.29 is 8.42 Å². The third kappa shape index (κ3) is 5.07. The van der Waals surface area contributed by atoms with Crippen LogP contribution >= 0.6 is 0 Å². The van der Waals surface area contributed by atoms with E-state index in [0.717, 1.165) is 19.5 Å². The first kappa shape index (κ1) is 21.1. The van der Waals surface area contributed by atoms with E-state index in [2.05, 4.69) is 44.8 Å². The average Bonchev–Trinajstić information content (AvgIpc) is 3.20. The molecule has 1 unspecified atom stereocenters. The van der Waals surface area contributed by atoms with Crippen molar-refractivity contribution in [3.63, 3.8) is 0 Å². The standard InChI is InChI=1S/C21H29N5O2S/c1-22-21(24-18-13-14-26(16-18)19-10-5-4-6-11-19)23-15-17-9-7-8-12-20(17)29(27,28)25(2)3/h4-12,18H,13-16H2,1-3H3,(H2,22,23,24). The highest BCUT2D eigenvalue weighted by atomic mass is 32.2. The Morgan fingerprint density at radius 1 is 1.14 bits per heavy atom. The zero-order valence-electron chi connectivity index (χ0n) is 17.2. The molecule has 7 nitrogen and oxygen atoms in total. The molecule has 0 aliphatic carbocycles. The molecule has 8 heteroatoms. The number of para-hydroxylation sites is 1. The number of hydrogen-bond donors (Lipinski definition) is 2. The first-order valence-electron chi connectivity index (χ1n) is 9.69. The van der Waals surface area contributed by atoms with Gasteiger partial charge in [0.1, 0.15) is 0 Å². The summed E-state index contributed by atoms with van der Waals surface area (Å²) in [6.07, 6.45) is 1.02. The van der Waals surface area contributed by atoms with Crippen molar-refractivity contribution >= 4 is 21.7 Å². The predicted molar refractivity (Wildman–Crippen MR) is 118 cm³/mol. The normalized spacial score (nSPS) is 17.6. The van der Waals surface area contributed by atoms with E-state index < -0.39 is 10.0 Å². The Morgan fingerprint density at radius 2 is 1.83 bits per heavy atom. The zero-order chi connectivity index (χ0) is 20.9. The smallest absolute Gasteiger partial charge is 0.242 e. The quantitative estimate of drug-likeness (QED) is 0.557. The van der Waals surface area contributed by atoms with Crippen molar-refractivity contribution in [2.45, 2.75) is 23.9 Å². The van der Waals surface area contributed by atoms with E-state index in [9.17, 15) is 8.42 Å². The lowest BCUT2D eigenvalue weighted by atomic mass is 10.2. The van der Waals surface area contributed by atoms with Crippen LogP contribution in [0.1, 0.15) is 12.0 Å². The van der Waals surface area contributed by atoms with Gasteiger partial charge in [-0.2, -0.15) is 0 Å². The summed E-state index contributed by atoms with van der Waals surface area (Å²) in [6, 6.07) is 17.7. The molecule has 0 saturated carbocycles. The van der Waals surface area contributed by atoms with Gasteiger partial charge in [-0.3, -0.25) is 4.99 Å². The third-order valence-corrected chi connectivity index (χ3v) is 6.97. The molecule has 2 N–H and O–H groups in total. The molecule has 2 aromatic rings. The van der Waals surface area contributed by atoms with Crippen LogP contribution in [0.4, 0.5) is 5.69 Å². The van der Waals surface area contributed by atoms with Crippen LogP contribution in [0.2, 0.25) is 0 Å². The Hall–Kier alpha value is -2.58. The molecule has 0 spiro atoms. The highest BCUT2D eigenvalue weighted by molar-refractivity contribution is 7.89. The van der Waals surface area contributed by atoms with Gasteiger partial charge in [0.2, 0.25) is 10.0 Å². The molecule has 0 bridgehead atoms. The number of nitrogens with one attached hydrogen (secondary N) is 2. The zero-order valence-corrected chi connectivity index (χ0v) is 18.0. The van der Waals surface area contributed by atoms with Gasteiger partial charge in [0, 0.05) is 52.5 Å². The topological polar surface area (TPSA) is 77.0 Å². The molecule has 1 atom stereocenters. The second kappa shape index (κ2) is 9.28. The lowest BCUT2D eigenvalue weighted by molar-refractivity contribution is 0.519. The Bertz CT molecular complexity index is 945. The van der Waals surface area contributed by atoms with Gasteiger partial charge in [-0.1, -0.05) is 36.4 Å². The highest BCUT2D eigenvalue weighted by Gasteiger charge is 2.24. The van der Waals surface area contributed by atoms with E-state index in [0.29, 0.717) is 23.0 Å². The number of hydrogen-bond acceptors (Lipinski definition) is 4. The van der Waals surface area contributed by atoms with E-state index in [1.54, 1.807) is 33.3 Å². The lowest BCUT2D eigenvalue weighted by Gasteiger charge is -2.21. The summed E-state index contributed by atoms with van der Waals surface area (Å²) in [7, 11) is 1.31. The Balaban J connectivity index is 1.61. The summed E-state index contributed by atoms with van der Waals surface area (Å²) in [5.41, 5.74) is 1.93. The molecular formula is C21H29N5O2S. The van der Waals surface area contributed by atoms with Gasteiger partial charge >= 0.3 is 0 Å². The molecule has 1 fully saturated rings. The fourth-order valence-corrected chi connectivity index (χ4v) is 4.53. The molecule has 156 valence electrons. The van der Waals surface area contributed by atoms with Gasteiger partial charge in [0.15, 0.2) is 5.96 Å². The number of aliphatic imine (C=N–C) groups is 1. The van der Waals surface area contributed by atoms with Crippen LogP contribution in [0, 0.1) is 0 Å². The maximum absolute atomic E-state index is 12.6. The largest absolute Gasteiger partial charge is 0.369 e. The van der Waals surface area contributed by atoms with E-state index in [-0.39, 0.29) is 6.04 Å². The molecule has 2 aromatic carbocycles. The molecule has 3 rings (SSSR count). The predicted octanol–water partition coefficient (Wildman–Crippen LogP) is 1.88. The minimum atomic E-state index is -3.50. The van der Waals surface area contributed by atoms with Gasteiger partial charge in [0.05, 0.1) is 4.90 Å². The summed E-state index contributed by atoms with van der Waals surface area (Å²) in [5.74, 6) is 0.668. The van der Waals surface area contributed by atoms with Crippen molar-refractivity contribution in [1.29, 1.82) is 0 Å². The summed E-state index contributed by atoms with van der Waals surface area (Å²) >= 11 is 0. The molecular weight excluding hydrogens is 386 g/mol. The molecule has 0 amide bonds. The monoisotopic (exact) mass is 415 g/mol. The van der Waals surface area contributed by atoms with E-state index >= 15 is 0 Å². The molecule has 0 aromatic heterocycles. The maximum atomic E-state index is 12.6. The lowest BCUT2D eigenvalue weighted by Crippen LogP contribution is -2.44. The Labute approximate surface area is 173 Å². The molecule has 0 radical (unpaired) electrons. The SMILES string of the molecule is CN=C(NCc1ccccc1S(=O)(=O)N(C)C)NC1CCN(c2ccccc2)C1. The van der Waals surface area contributed by atoms with Crippen LogP contribution < -0.4 is 15.5 Å². The first-order valence-corrected chi connectivity index (χ1v) is 11.1. The highest BCUT2D eigenvalue weighted by Crippen LogP contribution is 2.20. The molecule has 1 saturated heterocycles. The van der Waals surface area contributed by atoms with E-state index in [1.165, 1.54) is 9.99 Å². The van der Waals surface area contributed by atoms with Crippen molar-refractivity contribution in [2.24, 2.45) is 4.99 Å². The number of rotatable bonds is 6. The number of anilines is 1. The fourth-order valence-electron chi connectivity index (χ4n) is 3.42.